The summed E-state index contributed by atoms with van der Waals surface area (Å²) in [6.07, 6.45) is -3.41. The highest BCUT2D eigenvalue weighted by Gasteiger charge is 2.36. The molecule has 180 valence electrons. The Hall–Kier alpha value is -2.65. The molecule has 0 bridgehead atoms. The zero-order chi connectivity index (χ0) is 25.1. The number of aliphatic carboxylic acids is 2. The first-order chi connectivity index (χ1) is 15.2. The van der Waals surface area contributed by atoms with Crippen molar-refractivity contribution in [1.29, 1.82) is 0 Å². The molecule has 1 unspecified atom stereocenters. The van der Waals surface area contributed by atoms with Crippen molar-refractivity contribution in [3.8, 4) is 16.9 Å². The van der Waals surface area contributed by atoms with Crippen molar-refractivity contribution >= 4 is 23.5 Å². The highest BCUT2D eigenvalue weighted by Crippen LogP contribution is 2.44. The minimum absolute atomic E-state index is 0.108. The molecule has 0 aromatic heterocycles. The van der Waals surface area contributed by atoms with Crippen LogP contribution >= 0.6 is 11.6 Å². The van der Waals surface area contributed by atoms with Crippen LogP contribution in [0.1, 0.15) is 44.9 Å². The fraction of sp³-hybridized carbons (Fsp3) is 0.417. The van der Waals surface area contributed by atoms with E-state index in [1.165, 1.54) is 16.7 Å². The van der Waals surface area contributed by atoms with Gasteiger partial charge in [0.05, 0.1) is 11.1 Å². The molecule has 2 aromatic rings. The summed E-state index contributed by atoms with van der Waals surface area (Å²) >= 11 is 6.36. The Kier molecular flexibility index (Phi) is 8.48. The van der Waals surface area contributed by atoms with Crippen molar-refractivity contribution < 1.29 is 34.8 Å². The lowest BCUT2D eigenvalue weighted by Gasteiger charge is -2.23. The monoisotopic (exact) mass is 479 g/mol. The van der Waals surface area contributed by atoms with Crippen molar-refractivity contribution in [2.75, 3.05) is 0 Å². The SMILES string of the molecule is CC(C)Oc1ccc(-c2ccc3c(c2)CC(C)(C)C3N)cc1Cl.O=C(O)[C@@H](O)[C@H](O)C(=O)O. The van der Waals surface area contributed by atoms with E-state index in [-0.39, 0.29) is 17.6 Å². The fourth-order valence-electron chi connectivity index (χ4n) is 3.56. The third-order valence-electron chi connectivity index (χ3n) is 5.40. The molecule has 6 N–H and O–H groups in total. The van der Waals surface area contributed by atoms with Gasteiger partial charge in [-0.1, -0.05) is 49.7 Å². The van der Waals surface area contributed by atoms with E-state index in [0.717, 1.165) is 17.7 Å². The van der Waals surface area contributed by atoms with Crippen LogP contribution in [0, 0.1) is 5.41 Å². The number of carbonyl (C=O) groups is 2. The van der Waals surface area contributed by atoms with Crippen LogP contribution in [0.4, 0.5) is 0 Å². The molecule has 0 saturated heterocycles. The molecule has 1 aliphatic rings. The Morgan fingerprint density at radius 1 is 1.03 bits per heavy atom. The number of benzene rings is 2. The zero-order valence-corrected chi connectivity index (χ0v) is 19.7. The van der Waals surface area contributed by atoms with Crippen LogP contribution < -0.4 is 10.5 Å². The molecule has 0 fully saturated rings. The van der Waals surface area contributed by atoms with E-state index in [0.29, 0.717) is 5.02 Å². The first-order valence-corrected chi connectivity index (χ1v) is 10.8. The summed E-state index contributed by atoms with van der Waals surface area (Å²) in [5, 5.41) is 33.2. The molecule has 0 saturated carbocycles. The van der Waals surface area contributed by atoms with Crippen LogP contribution in [0.25, 0.3) is 11.1 Å². The lowest BCUT2D eigenvalue weighted by molar-refractivity contribution is -0.165. The second-order valence-corrected chi connectivity index (χ2v) is 9.34. The van der Waals surface area contributed by atoms with Gasteiger partial charge in [0.25, 0.3) is 0 Å². The first kappa shape index (κ1) is 26.6. The average molecular weight is 480 g/mol. The van der Waals surface area contributed by atoms with Gasteiger partial charge in [-0.3, -0.25) is 0 Å². The van der Waals surface area contributed by atoms with Crippen molar-refractivity contribution in [3.63, 3.8) is 0 Å². The van der Waals surface area contributed by atoms with Gasteiger partial charge in [-0.05, 0) is 60.1 Å². The molecule has 0 amide bonds. The highest BCUT2D eigenvalue weighted by atomic mass is 35.5. The van der Waals surface area contributed by atoms with E-state index in [2.05, 4.69) is 38.1 Å². The summed E-state index contributed by atoms with van der Waals surface area (Å²) in [5.74, 6) is -2.81. The number of rotatable bonds is 6. The molecule has 3 rings (SSSR count). The van der Waals surface area contributed by atoms with Crippen molar-refractivity contribution in [3.05, 3.63) is 52.5 Å². The molecule has 0 spiro atoms. The molecular formula is C24H30ClNO7. The maximum Gasteiger partial charge on any atom is 0.335 e. The van der Waals surface area contributed by atoms with Crippen LogP contribution in [0.2, 0.25) is 5.02 Å². The van der Waals surface area contributed by atoms with E-state index < -0.39 is 24.1 Å². The fourth-order valence-corrected chi connectivity index (χ4v) is 3.79. The molecule has 0 radical (unpaired) electrons. The maximum atomic E-state index is 9.77. The van der Waals surface area contributed by atoms with Gasteiger partial charge in [-0.2, -0.15) is 0 Å². The number of fused-ring (bicyclic) bond motifs is 1. The molecular weight excluding hydrogens is 450 g/mol. The Morgan fingerprint density at radius 3 is 2.03 bits per heavy atom. The molecule has 8 nitrogen and oxygen atoms in total. The summed E-state index contributed by atoms with van der Waals surface area (Å²) in [5.41, 5.74) is 11.4. The standard InChI is InChI=1S/C20H24ClNO.C4H6O6/c1-12(2)23-18-8-6-14(10-17(18)21)13-5-7-16-15(9-13)11-20(3,4)19(16)22;5-1(3(7)8)2(6)4(9)10/h5-10,12,19H,11,22H2,1-4H3;1-2,5-6H,(H,7,8)(H,9,10)/t;1-,2-/m.0/s1. The number of aliphatic hydroxyl groups excluding tert-OH is 2. The van der Waals surface area contributed by atoms with Crippen LogP contribution in [-0.2, 0) is 16.0 Å². The number of halogens is 1. The van der Waals surface area contributed by atoms with E-state index in [9.17, 15) is 9.59 Å². The number of nitrogens with two attached hydrogens (primary N) is 1. The van der Waals surface area contributed by atoms with Gasteiger partial charge in [-0.15, -0.1) is 0 Å². The smallest absolute Gasteiger partial charge is 0.335 e. The average Bonchev–Trinajstić information content (AvgIpc) is 2.96. The van der Waals surface area contributed by atoms with Gasteiger partial charge in [0.15, 0.2) is 12.2 Å². The van der Waals surface area contributed by atoms with Crippen LogP contribution in [0.3, 0.4) is 0 Å². The molecule has 2 aromatic carbocycles. The third kappa shape index (κ3) is 6.45. The van der Waals surface area contributed by atoms with E-state index in [1.54, 1.807) is 0 Å². The van der Waals surface area contributed by atoms with Crippen molar-refractivity contribution in [2.45, 2.75) is 58.5 Å². The van der Waals surface area contributed by atoms with E-state index in [1.807, 2.05) is 26.0 Å². The lowest BCUT2D eigenvalue weighted by atomic mass is 9.86. The van der Waals surface area contributed by atoms with Crippen LogP contribution in [0.15, 0.2) is 36.4 Å². The van der Waals surface area contributed by atoms with Gasteiger partial charge in [0, 0.05) is 6.04 Å². The summed E-state index contributed by atoms with van der Waals surface area (Å²) in [6.45, 7) is 8.45. The molecule has 1 aliphatic carbocycles. The van der Waals surface area contributed by atoms with E-state index >= 15 is 0 Å². The molecule has 0 aliphatic heterocycles. The first-order valence-electron chi connectivity index (χ1n) is 10.4. The van der Waals surface area contributed by atoms with Crippen molar-refractivity contribution in [2.24, 2.45) is 11.1 Å². The zero-order valence-electron chi connectivity index (χ0n) is 18.9. The van der Waals surface area contributed by atoms with Crippen LogP contribution in [0.5, 0.6) is 5.75 Å². The predicted octanol–water partition coefficient (Wildman–Crippen LogP) is 3.25. The number of hydrogen-bond donors (Lipinski definition) is 5. The number of carboxylic acids is 2. The Balaban J connectivity index is 0.000000328. The number of hydrogen-bond acceptors (Lipinski definition) is 6. The van der Waals surface area contributed by atoms with Crippen molar-refractivity contribution in [1.82, 2.24) is 0 Å². The summed E-state index contributed by atoms with van der Waals surface area (Å²) in [7, 11) is 0. The van der Waals surface area contributed by atoms with Gasteiger partial charge in [0.2, 0.25) is 0 Å². The number of aliphatic hydroxyl groups is 2. The number of ether oxygens (including phenoxy) is 1. The minimum atomic E-state index is -2.27. The van der Waals surface area contributed by atoms with E-state index in [4.69, 9.17) is 42.5 Å². The Morgan fingerprint density at radius 2 is 1.55 bits per heavy atom. The second-order valence-electron chi connectivity index (χ2n) is 8.93. The minimum Gasteiger partial charge on any atom is -0.489 e. The van der Waals surface area contributed by atoms with Gasteiger partial charge >= 0.3 is 11.9 Å². The highest BCUT2D eigenvalue weighted by molar-refractivity contribution is 6.32. The Bertz CT molecular complexity index is 1000. The molecule has 0 heterocycles. The summed E-state index contributed by atoms with van der Waals surface area (Å²) in [6, 6.07) is 12.6. The molecule has 9 heteroatoms. The maximum absolute atomic E-state index is 9.77. The quantitative estimate of drug-likeness (QED) is 0.423. The topological polar surface area (TPSA) is 150 Å². The third-order valence-corrected chi connectivity index (χ3v) is 5.69. The summed E-state index contributed by atoms with van der Waals surface area (Å²) in [4.78, 5) is 19.5. The van der Waals surface area contributed by atoms with Gasteiger partial charge in [0.1, 0.15) is 5.75 Å². The second kappa shape index (κ2) is 10.5. The van der Waals surface area contributed by atoms with Gasteiger partial charge in [-0.25, -0.2) is 9.59 Å². The molecule has 3 atom stereocenters. The summed E-state index contributed by atoms with van der Waals surface area (Å²) < 4.78 is 5.70. The van der Waals surface area contributed by atoms with Gasteiger partial charge < -0.3 is 30.9 Å². The molecule has 33 heavy (non-hydrogen) atoms. The largest absolute Gasteiger partial charge is 0.489 e. The normalized spacial score (nSPS) is 18.0. The lowest BCUT2D eigenvalue weighted by Crippen LogP contribution is -2.39. The Labute approximate surface area is 197 Å². The van der Waals surface area contributed by atoms with Crippen LogP contribution in [-0.4, -0.2) is 50.7 Å². The predicted molar refractivity (Wildman–Crippen MR) is 124 cm³/mol. The number of carboxylic acid groups (broad SMARTS) is 2.